The van der Waals surface area contributed by atoms with Crippen molar-refractivity contribution in [1.82, 2.24) is 20.2 Å². The monoisotopic (exact) mass is 285 g/mol. The number of tetrazole rings is 1. The minimum Gasteiger partial charge on any atom is -0.397 e. The van der Waals surface area contributed by atoms with Crippen molar-refractivity contribution in [2.24, 2.45) is 0 Å². The molecule has 2 N–H and O–H groups in total. The molecule has 0 saturated carbocycles. The standard InChI is InChI=1S/C14H12ClN5/c15-12-8-4-7-11(13(12)16)14-17-18-19-20(14)9-10-5-2-1-3-6-10/h1-8H,9,16H2. The molecular weight excluding hydrogens is 274 g/mol. The van der Waals surface area contributed by atoms with Crippen molar-refractivity contribution >= 4 is 17.3 Å². The molecule has 5 nitrogen and oxygen atoms in total. The summed E-state index contributed by atoms with van der Waals surface area (Å²) in [5.41, 5.74) is 8.33. The van der Waals surface area contributed by atoms with Crippen molar-refractivity contribution in [1.29, 1.82) is 0 Å². The molecule has 3 rings (SSSR count). The Morgan fingerprint density at radius 2 is 1.85 bits per heavy atom. The first kappa shape index (κ1) is 12.6. The van der Waals surface area contributed by atoms with E-state index in [1.165, 1.54) is 0 Å². The van der Waals surface area contributed by atoms with E-state index >= 15 is 0 Å². The van der Waals surface area contributed by atoms with E-state index in [2.05, 4.69) is 15.5 Å². The summed E-state index contributed by atoms with van der Waals surface area (Å²) in [6.07, 6.45) is 0. The number of hydrogen-bond acceptors (Lipinski definition) is 4. The summed E-state index contributed by atoms with van der Waals surface area (Å²) in [6, 6.07) is 15.4. The van der Waals surface area contributed by atoms with Crippen LogP contribution in [0.3, 0.4) is 0 Å². The molecule has 0 atom stereocenters. The first-order chi connectivity index (χ1) is 9.75. The molecular formula is C14H12ClN5. The molecule has 2 aromatic carbocycles. The van der Waals surface area contributed by atoms with Crippen LogP contribution in [0.15, 0.2) is 48.5 Å². The Hall–Kier alpha value is -2.40. The highest BCUT2D eigenvalue weighted by molar-refractivity contribution is 6.33. The zero-order valence-corrected chi connectivity index (χ0v) is 11.3. The number of anilines is 1. The third-order valence-electron chi connectivity index (χ3n) is 3.00. The minimum atomic E-state index is 0.485. The Labute approximate surface area is 121 Å². The molecule has 0 unspecified atom stereocenters. The Bertz CT molecular complexity index is 723. The maximum absolute atomic E-state index is 6.04. The molecule has 20 heavy (non-hydrogen) atoms. The van der Waals surface area contributed by atoms with Crippen LogP contribution in [0.5, 0.6) is 0 Å². The molecule has 6 heteroatoms. The molecule has 0 radical (unpaired) electrons. The number of hydrogen-bond donors (Lipinski definition) is 1. The molecule has 0 bridgehead atoms. The van der Waals surface area contributed by atoms with Crippen molar-refractivity contribution in [2.75, 3.05) is 5.73 Å². The molecule has 0 spiro atoms. The van der Waals surface area contributed by atoms with E-state index in [0.29, 0.717) is 23.1 Å². The van der Waals surface area contributed by atoms with Crippen LogP contribution in [0.2, 0.25) is 5.02 Å². The molecule has 0 aliphatic rings. The number of aromatic nitrogens is 4. The Balaban J connectivity index is 2.00. The van der Waals surface area contributed by atoms with Crippen LogP contribution in [-0.2, 0) is 6.54 Å². The second-order valence-corrected chi connectivity index (χ2v) is 4.75. The van der Waals surface area contributed by atoms with Crippen LogP contribution >= 0.6 is 11.6 Å². The van der Waals surface area contributed by atoms with Crippen LogP contribution in [-0.4, -0.2) is 20.2 Å². The molecule has 3 aromatic rings. The lowest BCUT2D eigenvalue weighted by atomic mass is 10.1. The molecule has 100 valence electrons. The first-order valence-corrected chi connectivity index (χ1v) is 6.48. The van der Waals surface area contributed by atoms with Gasteiger partial charge in [-0.25, -0.2) is 4.68 Å². The van der Waals surface area contributed by atoms with Gasteiger partial charge in [-0.3, -0.25) is 0 Å². The lowest BCUT2D eigenvalue weighted by Crippen LogP contribution is -2.05. The average molecular weight is 286 g/mol. The second-order valence-electron chi connectivity index (χ2n) is 4.35. The van der Waals surface area contributed by atoms with Crippen molar-refractivity contribution in [3.8, 4) is 11.4 Å². The van der Waals surface area contributed by atoms with Gasteiger partial charge in [-0.05, 0) is 28.1 Å². The van der Waals surface area contributed by atoms with E-state index in [4.69, 9.17) is 17.3 Å². The number of nitrogen functional groups attached to an aromatic ring is 1. The van der Waals surface area contributed by atoms with Crippen molar-refractivity contribution in [2.45, 2.75) is 6.54 Å². The smallest absolute Gasteiger partial charge is 0.184 e. The summed E-state index contributed by atoms with van der Waals surface area (Å²) in [6.45, 7) is 0.578. The number of rotatable bonds is 3. The van der Waals surface area contributed by atoms with Crippen LogP contribution in [0, 0.1) is 0 Å². The normalized spacial score (nSPS) is 10.7. The summed E-state index contributed by atoms with van der Waals surface area (Å²) in [5, 5.41) is 12.3. The van der Waals surface area contributed by atoms with Crippen LogP contribution < -0.4 is 5.73 Å². The maximum atomic E-state index is 6.04. The van der Waals surface area contributed by atoms with E-state index in [0.717, 1.165) is 11.1 Å². The second kappa shape index (κ2) is 5.30. The van der Waals surface area contributed by atoms with Gasteiger partial charge in [-0.1, -0.05) is 48.0 Å². The van der Waals surface area contributed by atoms with Gasteiger partial charge >= 0.3 is 0 Å². The lowest BCUT2D eigenvalue weighted by molar-refractivity contribution is 0.653. The molecule has 0 amide bonds. The van der Waals surface area contributed by atoms with Crippen LogP contribution in [0.25, 0.3) is 11.4 Å². The Kier molecular flexibility index (Phi) is 3.35. The average Bonchev–Trinajstić information content (AvgIpc) is 2.91. The van der Waals surface area contributed by atoms with Crippen molar-refractivity contribution < 1.29 is 0 Å². The van der Waals surface area contributed by atoms with Crippen LogP contribution in [0.1, 0.15) is 5.56 Å². The van der Waals surface area contributed by atoms with Gasteiger partial charge in [0.25, 0.3) is 0 Å². The van der Waals surface area contributed by atoms with E-state index in [1.54, 1.807) is 10.7 Å². The topological polar surface area (TPSA) is 69.6 Å². The molecule has 0 aliphatic heterocycles. The van der Waals surface area contributed by atoms with E-state index in [9.17, 15) is 0 Å². The summed E-state index contributed by atoms with van der Waals surface area (Å²) >= 11 is 6.04. The number of benzene rings is 2. The molecule has 0 saturated heterocycles. The number of nitrogens with zero attached hydrogens (tertiary/aromatic N) is 4. The van der Waals surface area contributed by atoms with E-state index in [1.807, 2.05) is 42.5 Å². The highest BCUT2D eigenvalue weighted by Crippen LogP contribution is 2.29. The van der Waals surface area contributed by atoms with Gasteiger partial charge in [0.1, 0.15) is 0 Å². The first-order valence-electron chi connectivity index (χ1n) is 6.10. The van der Waals surface area contributed by atoms with Gasteiger partial charge in [0.05, 0.1) is 17.3 Å². The fraction of sp³-hybridized carbons (Fsp3) is 0.0714. The molecule has 0 aliphatic carbocycles. The molecule has 1 heterocycles. The SMILES string of the molecule is Nc1c(Cl)cccc1-c1nnnn1Cc1ccccc1. The summed E-state index contributed by atoms with van der Waals surface area (Å²) in [5.74, 6) is 0.605. The van der Waals surface area contributed by atoms with Crippen LogP contribution in [0.4, 0.5) is 5.69 Å². The molecule has 1 aromatic heterocycles. The maximum Gasteiger partial charge on any atom is 0.184 e. The highest BCUT2D eigenvalue weighted by Gasteiger charge is 2.13. The Morgan fingerprint density at radius 1 is 1.05 bits per heavy atom. The van der Waals surface area contributed by atoms with Gasteiger partial charge in [-0.2, -0.15) is 0 Å². The fourth-order valence-electron chi connectivity index (χ4n) is 1.99. The van der Waals surface area contributed by atoms with Crippen molar-refractivity contribution in [3.63, 3.8) is 0 Å². The summed E-state index contributed by atoms with van der Waals surface area (Å²) < 4.78 is 1.71. The summed E-state index contributed by atoms with van der Waals surface area (Å²) in [4.78, 5) is 0. The van der Waals surface area contributed by atoms with E-state index in [-0.39, 0.29) is 0 Å². The third kappa shape index (κ3) is 2.35. The van der Waals surface area contributed by atoms with Gasteiger partial charge in [-0.15, -0.1) is 5.10 Å². The largest absolute Gasteiger partial charge is 0.397 e. The van der Waals surface area contributed by atoms with Gasteiger partial charge in [0.15, 0.2) is 5.82 Å². The highest BCUT2D eigenvalue weighted by atomic mass is 35.5. The fourth-order valence-corrected chi connectivity index (χ4v) is 2.17. The Morgan fingerprint density at radius 3 is 2.65 bits per heavy atom. The van der Waals surface area contributed by atoms with E-state index < -0.39 is 0 Å². The van der Waals surface area contributed by atoms with Gasteiger partial charge in [0.2, 0.25) is 0 Å². The zero-order valence-electron chi connectivity index (χ0n) is 10.6. The van der Waals surface area contributed by atoms with Crippen molar-refractivity contribution in [3.05, 3.63) is 59.1 Å². The third-order valence-corrected chi connectivity index (χ3v) is 3.33. The summed E-state index contributed by atoms with van der Waals surface area (Å²) in [7, 11) is 0. The zero-order chi connectivity index (χ0) is 13.9. The predicted molar refractivity (Wildman–Crippen MR) is 78.2 cm³/mol. The number of nitrogens with two attached hydrogens (primary N) is 1. The molecule has 0 fully saturated rings. The van der Waals surface area contributed by atoms with Gasteiger partial charge < -0.3 is 5.73 Å². The lowest BCUT2D eigenvalue weighted by Gasteiger charge is -2.08. The minimum absolute atomic E-state index is 0.485. The quantitative estimate of drug-likeness (QED) is 0.751. The predicted octanol–water partition coefficient (Wildman–Crippen LogP) is 2.62. The number of halogens is 1. The van der Waals surface area contributed by atoms with Gasteiger partial charge in [0, 0.05) is 5.56 Å². The number of para-hydroxylation sites is 1.